The van der Waals surface area contributed by atoms with Crippen molar-refractivity contribution in [3.63, 3.8) is 0 Å². The molecule has 1 N–H and O–H groups in total. The summed E-state index contributed by atoms with van der Waals surface area (Å²) >= 11 is 0. The van der Waals surface area contributed by atoms with Crippen LogP contribution < -0.4 is 5.32 Å². The predicted molar refractivity (Wildman–Crippen MR) is 50.0 cm³/mol. The molecule has 0 amide bonds. The molecular formula is C9H14FN3. The van der Waals surface area contributed by atoms with Crippen LogP contribution in [0.1, 0.15) is 26.7 Å². The quantitative estimate of drug-likeness (QED) is 0.777. The van der Waals surface area contributed by atoms with E-state index >= 15 is 0 Å². The van der Waals surface area contributed by atoms with Crippen LogP contribution in [0.4, 0.5) is 10.2 Å². The minimum absolute atomic E-state index is 0.344. The summed E-state index contributed by atoms with van der Waals surface area (Å²) in [5.74, 6) is -0.0374. The lowest BCUT2D eigenvalue weighted by atomic mass is 10.2. The first-order chi connectivity index (χ1) is 6.26. The molecule has 0 aliphatic rings. The minimum Gasteiger partial charge on any atom is -0.366 e. The number of aromatic nitrogens is 2. The van der Waals surface area contributed by atoms with Gasteiger partial charge in [0.1, 0.15) is 5.82 Å². The van der Waals surface area contributed by atoms with Crippen LogP contribution in [0.3, 0.4) is 0 Å². The summed E-state index contributed by atoms with van der Waals surface area (Å²) in [4.78, 5) is 7.37. The molecule has 72 valence electrons. The SMILES string of the molecule is CCC(CC)Nc1cncc(F)n1. The molecule has 0 saturated carbocycles. The molecule has 0 bridgehead atoms. The highest BCUT2D eigenvalue weighted by molar-refractivity contribution is 5.31. The fourth-order valence-electron chi connectivity index (χ4n) is 1.11. The molecule has 0 saturated heterocycles. The van der Waals surface area contributed by atoms with Crippen LogP contribution in [0.25, 0.3) is 0 Å². The lowest BCUT2D eigenvalue weighted by Crippen LogP contribution is -2.18. The van der Waals surface area contributed by atoms with Gasteiger partial charge in [-0.25, -0.2) is 0 Å². The fraction of sp³-hybridized carbons (Fsp3) is 0.556. The van der Waals surface area contributed by atoms with Crippen LogP contribution >= 0.6 is 0 Å². The Bertz CT molecular complexity index is 261. The van der Waals surface area contributed by atoms with E-state index < -0.39 is 5.95 Å². The topological polar surface area (TPSA) is 37.8 Å². The molecule has 0 aromatic carbocycles. The highest BCUT2D eigenvalue weighted by Crippen LogP contribution is 2.07. The maximum absolute atomic E-state index is 12.6. The molecule has 0 spiro atoms. The van der Waals surface area contributed by atoms with Crippen molar-refractivity contribution in [2.24, 2.45) is 0 Å². The summed E-state index contributed by atoms with van der Waals surface area (Å²) in [7, 11) is 0. The number of rotatable bonds is 4. The molecule has 1 rings (SSSR count). The van der Waals surface area contributed by atoms with Gasteiger partial charge in [0, 0.05) is 6.04 Å². The van der Waals surface area contributed by atoms with E-state index in [4.69, 9.17) is 0 Å². The molecule has 1 aromatic heterocycles. The van der Waals surface area contributed by atoms with Gasteiger partial charge in [0.15, 0.2) is 0 Å². The first-order valence-electron chi connectivity index (χ1n) is 4.50. The Balaban J connectivity index is 2.62. The van der Waals surface area contributed by atoms with Crippen molar-refractivity contribution in [2.45, 2.75) is 32.7 Å². The zero-order valence-corrected chi connectivity index (χ0v) is 7.92. The Hall–Kier alpha value is -1.19. The van der Waals surface area contributed by atoms with Crippen molar-refractivity contribution in [3.05, 3.63) is 18.3 Å². The van der Waals surface area contributed by atoms with Crippen molar-refractivity contribution in [2.75, 3.05) is 5.32 Å². The molecule has 0 fully saturated rings. The highest BCUT2D eigenvalue weighted by Gasteiger charge is 2.04. The van der Waals surface area contributed by atoms with Gasteiger partial charge < -0.3 is 5.32 Å². The maximum atomic E-state index is 12.6. The summed E-state index contributed by atoms with van der Waals surface area (Å²) in [6.45, 7) is 4.15. The van der Waals surface area contributed by atoms with Crippen LogP contribution in [0.5, 0.6) is 0 Å². The summed E-state index contributed by atoms with van der Waals surface area (Å²) in [6, 6.07) is 0.344. The first-order valence-corrected chi connectivity index (χ1v) is 4.50. The summed E-state index contributed by atoms with van der Waals surface area (Å²) in [5, 5.41) is 3.11. The van der Waals surface area contributed by atoms with Crippen molar-refractivity contribution in [3.8, 4) is 0 Å². The van der Waals surface area contributed by atoms with Gasteiger partial charge in [-0.3, -0.25) is 4.98 Å². The molecule has 1 aromatic rings. The van der Waals surface area contributed by atoms with Crippen LogP contribution in [-0.4, -0.2) is 16.0 Å². The zero-order chi connectivity index (χ0) is 9.68. The standard InChI is InChI=1S/C9H14FN3/c1-3-7(4-2)12-9-6-11-5-8(10)13-9/h5-7H,3-4H2,1-2H3,(H,12,13). The van der Waals surface area contributed by atoms with E-state index in [1.165, 1.54) is 6.20 Å². The molecule has 0 aliphatic carbocycles. The third-order valence-corrected chi connectivity index (χ3v) is 1.94. The molecule has 0 atom stereocenters. The van der Waals surface area contributed by atoms with E-state index in [9.17, 15) is 4.39 Å². The van der Waals surface area contributed by atoms with Crippen LogP contribution in [0, 0.1) is 5.95 Å². The van der Waals surface area contributed by atoms with E-state index in [1.807, 2.05) is 0 Å². The van der Waals surface area contributed by atoms with Gasteiger partial charge in [0.2, 0.25) is 5.95 Å². The Kier molecular flexibility index (Phi) is 3.61. The summed E-state index contributed by atoms with van der Waals surface area (Å²) in [6.07, 6.45) is 4.61. The molecule has 13 heavy (non-hydrogen) atoms. The third-order valence-electron chi connectivity index (χ3n) is 1.94. The molecule has 4 heteroatoms. The van der Waals surface area contributed by atoms with Crippen molar-refractivity contribution < 1.29 is 4.39 Å². The molecule has 3 nitrogen and oxygen atoms in total. The number of halogens is 1. The Morgan fingerprint density at radius 1 is 1.38 bits per heavy atom. The van der Waals surface area contributed by atoms with Gasteiger partial charge in [-0.05, 0) is 12.8 Å². The third kappa shape index (κ3) is 2.97. The van der Waals surface area contributed by atoms with Crippen LogP contribution in [-0.2, 0) is 0 Å². The Labute approximate surface area is 77.4 Å². The lowest BCUT2D eigenvalue weighted by molar-refractivity contribution is 0.574. The van der Waals surface area contributed by atoms with Crippen molar-refractivity contribution >= 4 is 5.82 Å². The predicted octanol–water partition coefficient (Wildman–Crippen LogP) is 2.22. The average Bonchev–Trinajstić information content (AvgIpc) is 2.14. The summed E-state index contributed by atoms with van der Waals surface area (Å²) in [5.41, 5.74) is 0. The first kappa shape index (κ1) is 9.89. The summed E-state index contributed by atoms with van der Waals surface area (Å²) < 4.78 is 12.6. The Morgan fingerprint density at radius 3 is 2.62 bits per heavy atom. The number of anilines is 1. The van der Waals surface area contributed by atoms with E-state index in [0.29, 0.717) is 11.9 Å². The van der Waals surface area contributed by atoms with Crippen LogP contribution in [0.15, 0.2) is 12.4 Å². The molecule has 0 unspecified atom stereocenters. The van der Waals surface area contributed by atoms with E-state index in [2.05, 4.69) is 29.1 Å². The van der Waals surface area contributed by atoms with Gasteiger partial charge in [-0.15, -0.1) is 0 Å². The number of nitrogens with one attached hydrogen (secondary N) is 1. The van der Waals surface area contributed by atoms with Gasteiger partial charge >= 0.3 is 0 Å². The van der Waals surface area contributed by atoms with Crippen LogP contribution in [0.2, 0.25) is 0 Å². The van der Waals surface area contributed by atoms with Gasteiger partial charge in [-0.1, -0.05) is 13.8 Å². The second-order valence-corrected chi connectivity index (χ2v) is 2.88. The fourth-order valence-corrected chi connectivity index (χ4v) is 1.11. The lowest BCUT2D eigenvalue weighted by Gasteiger charge is -2.14. The molecule has 0 aliphatic heterocycles. The second kappa shape index (κ2) is 4.74. The van der Waals surface area contributed by atoms with Gasteiger partial charge in [0.05, 0.1) is 12.4 Å². The largest absolute Gasteiger partial charge is 0.366 e. The van der Waals surface area contributed by atoms with Crippen molar-refractivity contribution in [1.29, 1.82) is 0 Å². The van der Waals surface area contributed by atoms with E-state index in [1.54, 1.807) is 0 Å². The number of hydrogen-bond acceptors (Lipinski definition) is 3. The second-order valence-electron chi connectivity index (χ2n) is 2.88. The minimum atomic E-state index is -0.545. The van der Waals surface area contributed by atoms with E-state index in [0.717, 1.165) is 19.0 Å². The maximum Gasteiger partial charge on any atom is 0.233 e. The van der Waals surface area contributed by atoms with Crippen molar-refractivity contribution in [1.82, 2.24) is 9.97 Å². The van der Waals surface area contributed by atoms with E-state index in [-0.39, 0.29) is 0 Å². The highest BCUT2D eigenvalue weighted by atomic mass is 19.1. The van der Waals surface area contributed by atoms with Gasteiger partial charge in [-0.2, -0.15) is 9.37 Å². The average molecular weight is 183 g/mol. The monoisotopic (exact) mass is 183 g/mol. The normalized spacial score (nSPS) is 10.5. The smallest absolute Gasteiger partial charge is 0.233 e. The Morgan fingerprint density at radius 2 is 2.08 bits per heavy atom. The molecule has 0 radical (unpaired) electrons. The van der Waals surface area contributed by atoms with Gasteiger partial charge in [0.25, 0.3) is 0 Å². The number of hydrogen-bond donors (Lipinski definition) is 1. The molecular weight excluding hydrogens is 169 g/mol. The number of nitrogens with zero attached hydrogens (tertiary/aromatic N) is 2. The zero-order valence-electron chi connectivity index (χ0n) is 7.92. The molecule has 1 heterocycles.